The Balaban J connectivity index is 1.78. The second kappa shape index (κ2) is 6.26. The van der Waals surface area contributed by atoms with Crippen molar-refractivity contribution >= 4 is 28.1 Å². The zero-order valence-electron chi connectivity index (χ0n) is 12.8. The van der Waals surface area contributed by atoms with Crippen molar-refractivity contribution in [2.75, 3.05) is 20.1 Å². The second-order valence-corrected chi connectivity index (χ2v) is 7.03. The number of piperidine rings is 1. The molecule has 120 valence electrons. The van der Waals surface area contributed by atoms with Crippen LogP contribution in [0.2, 0.25) is 0 Å². The molecule has 1 amide bonds. The van der Waals surface area contributed by atoms with Crippen molar-refractivity contribution in [1.82, 2.24) is 10.2 Å². The molecule has 5 nitrogen and oxygen atoms in total. The Hall–Kier alpha value is -0.980. The van der Waals surface area contributed by atoms with E-state index in [1.54, 1.807) is 13.3 Å². The number of aliphatic imine (C=N–C) groups is 1. The SMILES string of the molecule is C=C(/C=C(/Br)C=NC)[C@@H]1CC[C@H]2OC3(CCNCC3)C(=O)N21. The zero-order valence-corrected chi connectivity index (χ0v) is 14.4. The second-order valence-electron chi connectivity index (χ2n) is 6.11. The smallest absolute Gasteiger partial charge is 0.257 e. The van der Waals surface area contributed by atoms with E-state index >= 15 is 0 Å². The van der Waals surface area contributed by atoms with Gasteiger partial charge in [-0.25, -0.2) is 0 Å². The van der Waals surface area contributed by atoms with Gasteiger partial charge in [0, 0.05) is 17.7 Å². The van der Waals surface area contributed by atoms with Gasteiger partial charge in [0.2, 0.25) is 0 Å². The molecule has 0 aromatic heterocycles. The summed E-state index contributed by atoms with van der Waals surface area (Å²) < 4.78 is 7.06. The molecule has 0 radical (unpaired) electrons. The maximum atomic E-state index is 13.0. The molecule has 0 unspecified atom stereocenters. The summed E-state index contributed by atoms with van der Waals surface area (Å²) >= 11 is 3.45. The number of amides is 1. The summed E-state index contributed by atoms with van der Waals surface area (Å²) in [6.07, 6.45) is 6.91. The van der Waals surface area contributed by atoms with Crippen molar-refractivity contribution in [2.45, 2.75) is 43.6 Å². The average Bonchev–Trinajstić information content (AvgIpc) is 3.00. The van der Waals surface area contributed by atoms with Crippen LogP contribution in [0, 0.1) is 0 Å². The number of ether oxygens (including phenoxy) is 1. The van der Waals surface area contributed by atoms with Crippen LogP contribution < -0.4 is 5.32 Å². The molecule has 2 atom stereocenters. The minimum absolute atomic E-state index is 0.0320. The highest BCUT2D eigenvalue weighted by Crippen LogP contribution is 2.43. The third-order valence-corrected chi connectivity index (χ3v) is 5.17. The Morgan fingerprint density at radius 1 is 1.50 bits per heavy atom. The first-order chi connectivity index (χ1) is 10.6. The highest BCUT2D eigenvalue weighted by molar-refractivity contribution is 9.12. The third-order valence-electron chi connectivity index (χ3n) is 4.73. The number of rotatable bonds is 3. The third kappa shape index (κ3) is 2.68. The molecule has 3 heterocycles. The van der Waals surface area contributed by atoms with Crippen molar-refractivity contribution in [2.24, 2.45) is 4.99 Å². The van der Waals surface area contributed by atoms with Crippen molar-refractivity contribution in [3.05, 3.63) is 22.7 Å². The number of hydrogen-bond donors (Lipinski definition) is 1. The minimum Gasteiger partial charge on any atom is -0.342 e. The molecule has 3 fully saturated rings. The quantitative estimate of drug-likeness (QED) is 0.612. The fourth-order valence-corrected chi connectivity index (χ4v) is 4.17. The van der Waals surface area contributed by atoms with Gasteiger partial charge >= 0.3 is 0 Å². The topological polar surface area (TPSA) is 53.9 Å². The number of nitrogens with zero attached hydrogens (tertiary/aromatic N) is 2. The molecule has 1 spiro atoms. The maximum Gasteiger partial charge on any atom is 0.257 e. The monoisotopic (exact) mass is 367 g/mol. The molecule has 3 aliphatic heterocycles. The molecular weight excluding hydrogens is 346 g/mol. The molecule has 22 heavy (non-hydrogen) atoms. The van der Waals surface area contributed by atoms with Crippen molar-refractivity contribution in [3.63, 3.8) is 0 Å². The van der Waals surface area contributed by atoms with E-state index in [1.165, 1.54) is 0 Å². The van der Waals surface area contributed by atoms with Gasteiger partial charge in [-0.1, -0.05) is 6.58 Å². The molecule has 3 rings (SSSR count). The van der Waals surface area contributed by atoms with Crippen molar-refractivity contribution in [1.29, 1.82) is 0 Å². The Morgan fingerprint density at radius 2 is 2.23 bits per heavy atom. The molecular formula is C16H22BrN3O2. The lowest BCUT2D eigenvalue weighted by molar-refractivity contribution is -0.140. The van der Waals surface area contributed by atoms with Crippen LogP contribution in [-0.2, 0) is 9.53 Å². The molecule has 3 saturated heterocycles. The van der Waals surface area contributed by atoms with Gasteiger partial charge in [-0.3, -0.25) is 9.79 Å². The number of fused-ring (bicyclic) bond motifs is 1. The van der Waals surface area contributed by atoms with Gasteiger partial charge in [0.1, 0.15) is 6.23 Å². The first-order valence-electron chi connectivity index (χ1n) is 7.77. The van der Waals surface area contributed by atoms with Crippen LogP contribution in [0.15, 0.2) is 27.7 Å². The average molecular weight is 368 g/mol. The predicted molar refractivity (Wildman–Crippen MR) is 90.1 cm³/mol. The number of halogens is 1. The van der Waals surface area contributed by atoms with Crippen LogP contribution in [0.5, 0.6) is 0 Å². The normalized spacial score (nSPS) is 31.3. The molecule has 0 bridgehead atoms. The van der Waals surface area contributed by atoms with E-state index in [-0.39, 0.29) is 18.2 Å². The summed E-state index contributed by atoms with van der Waals surface area (Å²) in [7, 11) is 1.72. The molecule has 1 N–H and O–H groups in total. The van der Waals surface area contributed by atoms with Crippen LogP contribution >= 0.6 is 15.9 Å². The Morgan fingerprint density at radius 3 is 2.91 bits per heavy atom. The number of hydrogen-bond acceptors (Lipinski definition) is 4. The van der Waals surface area contributed by atoms with Crippen LogP contribution in [0.25, 0.3) is 0 Å². The minimum atomic E-state index is -0.597. The number of carbonyl (C=O) groups excluding carboxylic acids is 1. The van der Waals surface area contributed by atoms with Crippen molar-refractivity contribution in [3.8, 4) is 0 Å². The first kappa shape index (κ1) is 15.9. The standard InChI is InChI=1S/C16H22BrN3O2/c1-11(9-12(17)10-18-2)13-3-4-14-20(13)15(21)16(22-14)5-7-19-8-6-16/h9-10,13-14,19H,1,3-8H2,2H3/b12-9+,18-10?/t13-,14+/m0/s1. The van der Waals surface area contributed by atoms with Gasteiger partial charge in [-0.05, 0) is 66.4 Å². The van der Waals surface area contributed by atoms with E-state index in [9.17, 15) is 4.79 Å². The van der Waals surface area contributed by atoms with Gasteiger partial charge < -0.3 is 15.0 Å². The van der Waals surface area contributed by atoms with Crippen molar-refractivity contribution < 1.29 is 9.53 Å². The molecule has 0 aromatic rings. The van der Waals surface area contributed by atoms with Crippen LogP contribution in [0.3, 0.4) is 0 Å². The van der Waals surface area contributed by atoms with Gasteiger partial charge in [0.05, 0.1) is 6.04 Å². The summed E-state index contributed by atoms with van der Waals surface area (Å²) in [5.41, 5.74) is 0.331. The summed E-state index contributed by atoms with van der Waals surface area (Å²) in [4.78, 5) is 18.9. The van der Waals surface area contributed by atoms with E-state index < -0.39 is 5.60 Å². The first-order valence-corrected chi connectivity index (χ1v) is 8.56. The van der Waals surface area contributed by atoms with E-state index in [2.05, 4.69) is 32.8 Å². The Kier molecular flexibility index (Phi) is 4.52. The van der Waals surface area contributed by atoms with E-state index in [0.717, 1.165) is 48.8 Å². The fraction of sp³-hybridized carbons (Fsp3) is 0.625. The largest absolute Gasteiger partial charge is 0.342 e. The highest BCUT2D eigenvalue weighted by Gasteiger charge is 2.57. The maximum absolute atomic E-state index is 13.0. The van der Waals surface area contributed by atoms with Crippen LogP contribution in [-0.4, -0.2) is 55.0 Å². The van der Waals surface area contributed by atoms with Gasteiger partial charge in [0.25, 0.3) is 5.91 Å². The lowest BCUT2D eigenvalue weighted by Crippen LogP contribution is -2.50. The van der Waals surface area contributed by atoms with Crippen LogP contribution in [0.4, 0.5) is 0 Å². The summed E-state index contributed by atoms with van der Waals surface area (Å²) in [6, 6.07) is 0.0320. The molecule has 0 saturated carbocycles. The van der Waals surface area contributed by atoms with E-state index in [0.29, 0.717) is 0 Å². The highest BCUT2D eigenvalue weighted by atomic mass is 79.9. The summed E-state index contributed by atoms with van der Waals surface area (Å²) in [6.45, 7) is 5.84. The lowest BCUT2D eigenvalue weighted by Gasteiger charge is -2.32. The van der Waals surface area contributed by atoms with Crippen LogP contribution in [0.1, 0.15) is 25.7 Å². The molecule has 6 heteroatoms. The fourth-order valence-electron chi connectivity index (χ4n) is 3.67. The predicted octanol–water partition coefficient (Wildman–Crippen LogP) is 1.99. The Labute approximate surface area is 139 Å². The molecule has 3 aliphatic rings. The van der Waals surface area contributed by atoms with Gasteiger partial charge in [0.15, 0.2) is 5.60 Å². The number of nitrogens with one attached hydrogen (secondary N) is 1. The molecule has 0 aliphatic carbocycles. The van der Waals surface area contributed by atoms with Gasteiger partial charge in [-0.15, -0.1) is 0 Å². The Bertz CT molecular complexity index is 538. The van der Waals surface area contributed by atoms with Gasteiger partial charge in [-0.2, -0.15) is 0 Å². The molecule has 0 aromatic carbocycles. The summed E-state index contributed by atoms with van der Waals surface area (Å²) in [5.74, 6) is 0.149. The van der Waals surface area contributed by atoms with E-state index in [1.807, 2.05) is 11.0 Å². The lowest BCUT2D eigenvalue weighted by atomic mass is 9.90. The number of allylic oxidation sites excluding steroid dienone is 1. The van der Waals surface area contributed by atoms with E-state index in [4.69, 9.17) is 4.74 Å². The number of carbonyl (C=O) groups is 1. The zero-order chi connectivity index (χ0) is 15.7. The summed E-state index contributed by atoms with van der Waals surface area (Å²) in [5, 5.41) is 3.30.